The molecule has 1 fully saturated rings. The summed E-state index contributed by atoms with van der Waals surface area (Å²) in [4.78, 5) is 24.0. The highest BCUT2D eigenvalue weighted by molar-refractivity contribution is 6.03. The molecule has 0 bridgehead atoms. The first kappa shape index (κ1) is 14.7. The molecule has 1 saturated heterocycles. The standard InChI is InChI=1S/C16H19N3O3/c1-2-5-16(6-7-17-10-16)14(20)11-3-4-13-12(8-11)9-18-19(13)15(21)22/h3-4,8-9,17H,2,5-7,10H2,1H3,(H,21,22). The average Bonchev–Trinajstić information content (AvgIpc) is 3.13. The van der Waals surface area contributed by atoms with Crippen LogP contribution < -0.4 is 5.32 Å². The Bertz CT molecular complexity index is 729. The number of benzene rings is 1. The van der Waals surface area contributed by atoms with E-state index in [-0.39, 0.29) is 11.2 Å². The van der Waals surface area contributed by atoms with Crippen molar-refractivity contribution >= 4 is 22.8 Å². The molecule has 2 aromatic rings. The quantitative estimate of drug-likeness (QED) is 0.848. The average molecular weight is 301 g/mol. The molecule has 2 heterocycles. The predicted octanol–water partition coefficient (Wildman–Crippen LogP) is 2.52. The van der Waals surface area contributed by atoms with Crippen LogP contribution in [0, 0.1) is 5.41 Å². The van der Waals surface area contributed by atoms with Crippen LogP contribution in [0.25, 0.3) is 10.9 Å². The highest BCUT2D eigenvalue weighted by Gasteiger charge is 2.40. The SMILES string of the molecule is CCCC1(C(=O)c2ccc3c(cnn3C(=O)O)c2)CCNC1. The minimum Gasteiger partial charge on any atom is -0.463 e. The van der Waals surface area contributed by atoms with E-state index in [0.717, 1.165) is 30.5 Å². The Morgan fingerprint density at radius 2 is 2.27 bits per heavy atom. The van der Waals surface area contributed by atoms with Crippen LogP contribution in [-0.4, -0.2) is 39.9 Å². The van der Waals surface area contributed by atoms with Crippen molar-refractivity contribution in [2.45, 2.75) is 26.2 Å². The van der Waals surface area contributed by atoms with Crippen LogP contribution in [-0.2, 0) is 0 Å². The number of Topliss-reactive ketones (excluding diaryl/α,β-unsaturated/α-hetero) is 1. The van der Waals surface area contributed by atoms with E-state index >= 15 is 0 Å². The third kappa shape index (κ3) is 2.29. The van der Waals surface area contributed by atoms with Gasteiger partial charge in [-0.1, -0.05) is 13.3 Å². The van der Waals surface area contributed by atoms with Gasteiger partial charge in [0.15, 0.2) is 5.78 Å². The number of carbonyl (C=O) groups excluding carboxylic acids is 1. The third-order valence-electron chi connectivity index (χ3n) is 4.47. The maximum absolute atomic E-state index is 13.0. The van der Waals surface area contributed by atoms with Crippen molar-refractivity contribution in [1.29, 1.82) is 0 Å². The summed E-state index contributed by atoms with van der Waals surface area (Å²) in [5.41, 5.74) is 0.804. The third-order valence-corrected chi connectivity index (χ3v) is 4.47. The molecule has 1 aromatic heterocycles. The fraction of sp³-hybridized carbons (Fsp3) is 0.438. The van der Waals surface area contributed by atoms with Gasteiger partial charge in [-0.25, -0.2) is 4.79 Å². The summed E-state index contributed by atoms with van der Waals surface area (Å²) in [5, 5.41) is 16.9. The van der Waals surface area contributed by atoms with Crippen molar-refractivity contribution in [3.8, 4) is 0 Å². The van der Waals surface area contributed by atoms with Crippen LogP contribution in [0.2, 0.25) is 0 Å². The molecule has 0 aliphatic carbocycles. The molecule has 0 radical (unpaired) electrons. The van der Waals surface area contributed by atoms with Crippen molar-refractivity contribution < 1.29 is 14.7 Å². The Hall–Kier alpha value is -2.21. The number of hydrogen-bond donors (Lipinski definition) is 2. The number of nitrogens with zero attached hydrogens (tertiary/aromatic N) is 2. The number of nitrogens with one attached hydrogen (secondary N) is 1. The molecule has 3 rings (SSSR count). The van der Waals surface area contributed by atoms with Crippen LogP contribution in [0.3, 0.4) is 0 Å². The number of carbonyl (C=O) groups is 2. The van der Waals surface area contributed by atoms with E-state index < -0.39 is 6.09 Å². The fourth-order valence-electron chi connectivity index (χ4n) is 3.38. The van der Waals surface area contributed by atoms with Gasteiger partial charge in [-0.3, -0.25) is 4.79 Å². The van der Waals surface area contributed by atoms with E-state index in [4.69, 9.17) is 5.11 Å². The molecule has 0 spiro atoms. The Morgan fingerprint density at radius 1 is 1.45 bits per heavy atom. The Balaban J connectivity index is 1.99. The summed E-state index contributed by atoms with van der Waals surface area (Å²) in [6, 6.07) is 5.12. The normalized spacial score (nSPS) is 21.3. The van der Waals surface area contributed by atoms with Gasteiger partial charge in [0, 0.05) is 22.9 Å². The van der Waals surface area contributed by atoms with Crippen LogP contribution >= 0.6 is 0 Å². The van der Waals surface area contributed by atoms with Crippen molar-refractivity contribution in [3.05, 3.63) is 30.0 Å². The van der Waals surface area contributed by atoms with Crippen LogP contribution in [0.4, 0.5) is 4.79 Å². The molecule has 1 aromatic carbocycles. The van der Waals surface area contributed by atoms with E-state index in [0.29, 0.717) is 23.0 Å². The molecule has 116 valence electrons. The Kier molecular flexibility index (Phi) is 3.70. The van der Waals surface area contributed by atoms with Gasteiger partial charge in [0.05, 0.1) is 11.7 Å². The molecule has 0 amide bonds. The largest absolute Gasteiger partial charge is 0.463 e. The zero-order valence-electron chi connectivity index (χ0n) is 12.5. The van der Waals surface area contributed by atoms with Crippen molar-refractivity contribution in [3.63, 3.8) is 0 Å². The highest BCUT2D eigenvalue weighted by atomic mass is 16.4. The summed E-state index contributed by atoms with van der Waals surface area (Å²) in [6.07, 6.45) is 3.04. The molecule has 0 saturated carbocycles. The first-order valence-corrected chi connectivity index (χ1v) is 7.54. The summed E-state index contributed by atoms with van der Waals surface area (Å²) in [5.74, 6) is 0.143. The van der Waals surface area contributed by atoms with E-state index in [2.05, 4.69) is 17.3 Å². The lowest BCUT2D eigenvalue weighted by Gasteiger charge is -2.26. The second-order valence-electron chi connectivity index (χ2n) is 5.90. The molecule has 2 N–H and O–H groups in total. The highest BCUT2D eigenvalue weighted by Crippen LogP contribution is 2.35. The Morgan fingerprint density at radius 3 is 2.91 bits per heavy atom. The molecular formula is C16H19N3O3. The summed E-state index contributed by atoms with van der Waals surface area (Å²) < 4.78 is 0.919. The van der Waals surface area contributed by atoms with Crippen LogP contribution in [0.1, 0.15) is 36.5 Å². The van der Waals surface area contributed by atoms with E-state index in [1.54, 1.807) is 18.2 Å². The number of ketones is 1. The summed E-state index contributed by atoms with van der Waals surface area (Å²) in [6.45, 7) is 3.67. The second kappa shape index (κ2) is 5.53. The molecule has 6 heteroatoms. The topological polar surface area (TPSA) is 84.2 Å². The van der Waals surface area contributed by atoms with Crippen molar-refractivity contribution in [2.75, 3.05) is 13.1 Å². The maximum Gasteiger partial charge on any atom is 0.432 e. The smallest absolute Gasteiger partial charge is 0.432 e. The number of rotatable bonds is 4. The minimum atomic E-state index is -1.13. The Labute approximate surface area is 128 Å². The van der Waals surface area contributed by atoms with Crippen molar-refractivity contribution in [1.82, 2.24) is 15.1 Å². The molecule has 1 atom stereocenters. The van der Waals surface area contributed by atoms with Gasteiger partial charge < -0.3 is 10.4 Å². The molecular weight excluding hydrogens is 282 g/mol. The monoisotopic (exact) mass is 301 g/mol. The predicted molar refractivity (Wildman–Crippen MR) is 82.3 cm³/mol. The van der Waals surface area contributed by atoms with Gasteiger partial charge in [-0.2, -0.15) is 9.78 Å². The first-order chi connectivity index (χ1) is 10.6. The zero-order chi connectivity index (χ0) is 15.7. The van der Waals surface area contributed by atoms with E-state index in [1.165, 1.54) is 6.20 Å². The maximum atomic E-state index is 13.0. The molecule has 1 aliphatic rings. The van der Waals surface area contributed by atoms with Crippen LogP contribution in [0.15, 0.2) is 24.4 Å². The lowest BCUT2D eigenvalue weighted by molar-refractivity contribution is 0.0802. The first-order valence-electron chi connectivity index (χ1n) is 7.54. The van der Waals surface area contributed by atoms with Gasteiger partial charge in [0.1, 0.15) is 0 Å². The molecule has 1 unspecified atom stereocenters. The summed E-state index contributed by atoms with van der Waals surface area (Å²) >= 11 is 0. The molecule has 6 nitrogen and oxygen atoms in total. The lowest BCUT2D eigenvalue weighted by atomic mass is 9.76. The molecule has 22 heavy (non-hydrogen) atoms. The van der Waals surface area contributed by atoms with Gasteiger partial charge >= 0.3 is 6.09 Å². The van der Waals surface area contributed by atoms with E-state index in [1.807, 2.05) is 0 Å². The number of fused-ring (bicyclic) bond motifs is 1. The number of carboxylic acid groups (broad SMARTS) is 1. The minimum absolute atomic E-state index is 0.143. The van der Waals surface area contributed by atoms with Gasteiger partial charge in [0.2, 0.25) is 0 Å². The van der Waals surface area contributed by atoms with Gasteiger partial charge in [-0.15, -0.1) is 0 Å². The fourth-order valence-corrected chi connectivity index (χ4v) is 3.38. The van der Waals surface area contributed by atoms with Crippen LogP contribution in [0.5, 0.6) is 0 Å². The van der Waals surface area contributed by atoms with Gasteiger partial charge in [0.25, 0.3) is 0 Å². The van der Waals surface area contributed by atoms with E-state index in [9.17, 15) is 9.59 Å². The van der Waals surface area contributed by atoms with Gasteiger partial charge in [-0.05, 0) is 37.6 Å². The number of hydrogen-bond acceptors (Lipinski definition) is 4. The lowest BCUT2D eigenvalue weighted by Crippen LogP contribution is -2.33. The molecule has 1 aliphatic heterocycles. The van der Waals surface area contributed by atoms with Crippen molar-refractivity contribution in [2.24, 2.45) is 5.41 Å². The number of aromatic nitrogens is 2. The second-order valence-corrected chi connectivity index (χ2v) is 5.90. The zero-order valence-corrected chi connectivity index (χ0v) is 12.5. The summed E-state index contributed by atoms with van der Waals surface area (Å²) in [7, 11) is 0.